The van der Waals surface area contributed by atoms with Gasteiger partial charge in [-0.2, -0.15) is 0 Å². The fourth-order valence-corrected chi connectivity index (χ4v) is 1.20. The van der Waals surface area contributed by atoms with Crippen LogP contribution in [0.2, 0.25) is 0 Å². The van der Waals surface area contributed by atoms with Crippen LogP contribution in [-0.2, 0) is 4.79 Å². The molecule has 15 heavy (non-hydrogen) atoms. The molecule has 1 rings (SSSR count). The Hall–Kier alpha value is -1.55. The third kappa shape index (κ3) is 3.25. The van der Waals surface area contributed by atoms with Crippen LogP contribution in [0.25, 0.3) is 0 Å². The molecule has 4 nitrogen and oxygen atoms in total. The Kier molecular flexibility index (Phi) is 3.68. The third-order valence-electron chi connectivity index (χ3n) is 1.86. The SMILES string of the molecule is CC(C)Oc1cccc(C(N)C(=O)O)c1. The van der Waals surface area contributed by atoms with Crippen molar-refractivity contribution in [1.29, 1.82) is 0 Å². The van der Waals surface area contributed by atoms with Crippen LogP contribution in [0.5, 0.6) is 5.75 Å². The van der Waals surface area contributed by atoms with Gasteiger partial charge in [-0.25, -0.2) is 0 Å². The van der Waals surface area contributed by atoms with Crippen molar-refractivity contribution in [2.45, 2.75) is 26.0 Å². The zero-order chi connectivity index (χ0) is 11.4. The number of hydrogen-bond acceptors (Lipinski definition) is 3. The van der Waals surface area contributed by atoms with Crippen molar-refractivity contribution in [2.75, 3.05) is 0 Å². The molecule has 0 saturated heterocycles. The third-order valence-corrected chi connectivity index (χ3v) is 1.86. The van der Waals surface area contributed by atoms with Crippen LogP contribution >= 0.6 is 0 Å². The number of carboxylic acid groups (broad SMARTS) is 1. The number of aliphatic carboxylic acids is 1. The molecule has 4 heteroatoms. The summed E-state index contributed by atoms with van der Waals surface area (Å²) >= 11 is 0. The number of carboxylic acids is 1. The Morgan fingerprint density at radius 3 is 2.67 bits per heavy atom. The smallest absolute Gasteiger partial charge is 0.325 e. The van der Waals surface area contributed by atoms with E-state index in [1.165, 1.54) is 0 Å². The van der Waals surface area contributed by atoms with Gasteiger partial charge >= 0.3 is 5.97 Å². The summed E-state index contributed by atoms with van der Waals surface area (Å²) in [5.74, 6) is -0.407. The molecule has 3 N–H and O–H groups in total. The maximum atomic E-state index is 10.7. The van der Waals surface area contributed by atoms with E-state index < -0.39 is 12.0 Å². The van der Waals surface area contributed by atoms with Crippen molar-refractivity contribution >= 4 is 5.97 Å². The van der Waals surface area contributed by atoms with Crippen molar-refractivity contribution in [1.82, 2.24) is 0 Å². The van der Waals surface area contributed by atoms with Crippen molar-refractivity contribution in [2.24, 2.45) is 5.73 Å². The quantitative estimate of drug-likeness (QED) is 0.789. The van der Waals surface area contributed by atoms with Crippen molar-refractivity contribution < 1.29 is 14.6 Å². The number of hydrogen-bond donors (Lipinski definition) is 2. The first-order valence-corrected chi connectivity index (χ1v) is 4.75. The molecule has 0 bridgehead atoms. The van der Waals surface area contributed by atoms with Gasteiger partial charge in [0.15, 0.2) is 0 Å². The first-order chi connectivity index (χ1) is 7.00. The van der Waals surface area contributed by atoms with E-state index in [0.29, 0.717) is 11.3 Å². The van der Waals surface area contributed by atoms with Gasteiger partial charge in [-0.05, 0) is 31.5 Å². The molecule has 0 aromatic heterocycles. The number of rotatable bonds is 4. The number of carbonyl (C=O) groups is 1. The van der Waals surface area contributed by atoms with Gasteiger partial charge in [-0.15, -0.1) is 0 Å². The predicted octanol–water partition coefficient (Wildman–Crippen LogP) is 1.56. The minimum absolute atomic E-state index is 0.0568. The second kappa shape index (κ2) is 4.79. The summed E-state index contributed by atoms with van der Waals surface area (Å²) in [6.07, 6.45) is 0.0568. The zero-order valence-corrected chi connectivity index (χ0v) is 8.81. The molecule has 1 aromatic rings. The molecule has 0 amide bonds. The van der Waals surface area contributed by atoms with Crippen LogP contribution < -0.4 is 10.5 Å². The van der Waals surface area contributed by atoms with Crippen LogP contribution in [0.1, 0.15) is 25.5 Å². The van der Waals surface area contributed by atoms with Crippen molar-refractivity contribution in [3.8, 4) is 5.75 Å². The first kappa shape index (κ1) is 11.5. The summed E-state index contributed by atoms with van der Waals surface area (Å²) < 4.78 is 5.44. The van der Waals surface area contributed by atoms with Crippen molar-refractivity contribution in [3.05, 3.63) is 29.8 Å². The fraction of sp³-hybridized carbons (Fsp3) is 0.364. The predicted molar refractivity (Wildman–Crippen MR) is 56.8 cm³/mol. The van der Waals surface area contributed by atoms with Gasteiger partial charge in [-0.3, -0.25) is 4.79 Å². The molecule has 0 saturated carbocycles. The lowest BCUT2D eigenvalue weighted by atomic mass is 10.1. The Bertz CT molecular complexity index is 349. The van der Waals surface area contributed by atoms with E-state index in [-0.39, 0.29) is 6.10 Å². The van der Waals surface area contributed by atoms with E-state index in [1.54, 1.807) is 24.3 Å². The molecule has 0 aliphatic rings. The Morgan fingerprint density at radius 1 is 1.47 bits per heavy atom. The van der Waals surface area contributed by atoms with E-state index in [9.17, 15) is 4.79 Å². The van der Waals surface area contributed by atoms with Gasteiger partial charge in [0.1, 0.15) is 11.8 Å². The number of ether oxygens (including phenoxy) is 1. The molecule has 1 atom stereocenters. The van der Waals surface area contributed by atoms with E-state index in [4.69, 9.17) is 15.6 Å². The average Bonchev–Trinajstić information content (AvgIpc) is 2.16. The van der Waals surface area contributed by atoms with Gasteiger partial charge in [0, 0.05) is 0 Å². The largest absolute Gasteiger partial charge is 0.491 e. The van der Waals surface area contributed by atoms with Crippen LogP contribution in [-0.4, -0.2) is 17.2 Å². The van der Waals surface area contributed by atoms with E-state index >= 15 is 0 Å². The summed E-state index contributed by atoms with van der Waals surface area (Å²) in [6.45, 7) is 3.81. The number of benzene rings is 1. The Balaban J connectivity index is 2.87. The highest BCUT2D eigenvalue weighted by molar-refractivity contribution is 5.75. The maximum absolute atomic E-state index is 10.7. The molecule has 0 aliphatic carbocycles. The van der Waals surface area contributed by atoms with Crippen LogP contribution in [0.15, 0.2) is 24.3 Å². The molecule has 1 unspecified atom stereocenters. The number of nitrogens with two attached hydrogens (primary N) is 1. The van der Waals surface area contributed by atoms with E-state index in [2.05, 4.69) is 0 Å². The summed E-state index contributed by atoms with van der Waals surface area (Å²) in [4.78, 5) is 10.7. The summed E-state index contributed by atoms with van der Waals surface area (Å²) in [7, 11) is 0. The second-order valence-corrected chi connectivity index (χ2v) is 3.56. The van der Waals surface area contributed by atoms with Gasteiger partial charge in [0.05, 0.1) is 6.10 Å². The topological polar surface area (TPSA) is 72.5 Å². The van der Waals surface area contributed by atoms with Crippen molar-refractivity contribution in [3.63, 3.8) is 0 Å². The standard InChI is InChI=1S/C11H15NO3/c1-7(2)15-9-5-3-4-8(6-9)10(12)11(13)14/h3-7,10H,12H2,1-2H3,(H,13,14). The van der Waals surface area contributed by atoms with Crippen LogP contribution in [0, 0.1) is 0 Å². The van der Waals surface area contributed by atoms with Crippen LogP contribution in [0.4, 0.5) is 0 Å². The van der Waals surface area contributed by atoms with Gasteiger partial charge in [0.2, 0.25) is 0 Å². The summed E-state index contributed by atoms with van der Waals surface area (Å²) in [6, 6.07) is 5.83. The molecular formula is C11H15NO3. The second-order valence-electron chi connectivity index (χ2n) is 3.56. The van der Waals surface area contributed by atoms with Gasteiger partial charge in [0.25, 0.3) is 0 Å². The molecule has 0 heterocycles. The minimum Gasteiger partial charge on any atom is -0.491 e. The van der Waals surface area contributed by atoms with E-state index in [0.717, 1.165) is 0 Å². The molecule has 1 aromatic carbocycles. The van der Waals surface area contributed by atoms with E-state index in [1.807, 2.05) is 13.8 Å². The molecule has 82 valence electrons. The van der Waals surface area contributed by atoms with Crippen LogP contribution in [0.3, 0.4) is 0 Å². The highest BCUT2D eigenvalue weighted by atomic mass is 16.5. The molecule has 0 fully saturated rings. The Morgan fingerprint density at radius 2 is 2.13 bits per heavy atom. The maximum Gasteiger partial charge on any atom is 0.325 e. The zero-order valence-electron chi connectivity index (χ0n) is 8.81. The lowest BCUT2D eigenvalue weighted by Gasteiger charge is -2.12. The highest BCUT2D eigenvalue weighted by Crippen LogP contribution is 2.19. The monoisotopic (exact) mass is 209 g/mol. The molecule has 0 radical (unpaired) electrons. The lowest BCUT2D eigenvalue weighted by Crippen LogP contribution is -2.20. The summed E-state index contributed by atoms with van der Waals surface area (Å²) in [5, 5.41) is 8.74. The van der Waals surface area contributed by atoms with Gasteiger partial charge < -0.3 is 15.6 Å². The molecular weight excluding hydrogens is 194 g/mol. The molecule has 0 aliphatic heterocycles. The normalized spacial score (nSPS) is 12.5. The first-order valence-electron chi connectivity index (χ1n) is 4.75. The summed E-state index contributed by atoms with van der Waals surface area (Å²) in [5.41, 5.74) is 6.02. The minimum atomic E-state index is -1.04. The lowest BCUT2D eigenvalue weighted by molar-refractivity contribution is -0.138. The Labute approximate surface area is 88.7 Å². The fourth-order valence-electron chi connectivity index (χ4n) is 1.20. The average molecular weight is 209 g/mol. The highest BCUT2D eigenvalue weighted by Gasteiger charge is 2.14. The van der Waals surface area contributed by atoms with Gasteiger partial charge in [-0.1, -0.05) is 12.1 Å². The molecule has 0 spiro atoms.